The Kier molecular flexibility index (Phi) is 3.34. The zero-order chi connectivity index (χ0) is 13.4. The summed E-state index contributed by atoms with van der Waals surface area (Å²) in [5.74, 6) is 0.986. The van der Waals surface area contributed by atoms with Crippen LogP contribution in [-0.2, 0) is 0 Å². The molecule has 1 aromatic rings. The lowest BCUT2D eigenvalue weighted by Gasteiger charge is -2.33. The van der Waals surface area contributed by atoms with Gasteiger partial charge in [-0.1, -0.05) is 30.5 Å². The topological polar surface area (TPSA) is 20.3 Å². The van der Waals surface area contributed by atoms with Crippen molar-refractivity contribution in [3.05, 3.63) is 35.4 Å². The van der Waals surface area contributed by atoms with Crippen LogP contribution in [0.1, 0.15) is 54.9 Å². The fraction of sp³-hybridized carbons (Fsp3) is 0.588. The van der Waals surface area contributed by atoms with Gasteiger partial charge in [-0.05, 0) is 51.2 Å². The number of benzene rings is 1. The van der Waals surface area contributed by atoms with Gasteiger partial charge >= 0.3 is 0 Å². The number of hydrogen-bond donors (Lipinski definition) is 0. The maximum atomic E-state index is 12.7. The molecular weight excluding hydrogens is 234 g/mol. The molecule has 1 aliphatic heterocycles. The summed E-state index contributed by atoms with van der Waals surface area (Å²) >= 11 is 0. The number of rotatable bonds is 1. The molecule has 19 heavy (non-hydrogen) atoms. The predicted molar refractivity (Wildman–Crippen MR) is 77.2 cm³/mol. The molecule has 1 aliphatic carbocycles. The number of likely N-dealkylation sites (tertiary alicyclic amines) is 1. The molecule has 2 nitrogen and oxygen atoms in total. The van der Waals surface area contributed by atoms with E-state index >= 15 is 0 Å². The molecule has 1 aromatic carbocycles. The number of amides is 1. The zero-order valence-corrected chi connectivity index (χ0v) is 11.9. The average Bonchev–Trinajstić information content (AvgIpc) is 2.74. The van der Waals surface area contributed by atoms with Crippen LogP contribution in [-0.4, -0.2) is 22.9 Å². The molecule has 1 amide bonds. The highest BCUT2D eigenvalue weighted by Crippen LogP contribution is 2.40. The Morgan fingerprint density at radius 2 is 1.84 bits per heavy atom. The van der Waals surface area contributed by atoms with Crippen molar-refractivity contribution in [1.29, 1.82) is 0 Å². The molecular formula is C17H23NO. The minimum absolute atomic E-state index is 0.238. The first-order chi connectivity index (χ1) is 9.16. The summed E-state index contributed by atoms with van der Waals surface area (Å²) in [6.07, 6.45) is 6.34. The molecule has 0 aromatic heterocycles. The molecule has 102 valence electrons. The lowest BCUT2D eigenvalue weighted by atomic mass is 9.85. The molecule has 3 rings (SSSR count). The molecule has 2 fully saturated rings. The summed E-state index contributed by atoms with van der Waals surface area (Å²) in [7, 11) is 0. The fourth-order valence-electron chi connectivity index (χ4n) is 3.90. The van der Waals surface area contributed by atoms with Gasteiger partial charge in [0.1, 0.15) is 0 Å². The molecule has 2 aliphatic rings. The van der Waals surface area contributed by atoms with Crippen LogP contribution in [0.2, 0.25) is 0 Å². The number of fused-ring (bicyclic) bond motifs is 1. The van der Waals surface area contributed by atoms with Crippen LogP contribution in [0.25, 0.3) is 0 Å². The Bertz CT molecular complexity index is 465. The summed E-state index contributed by atoms with van der Waals surface area (Å²) in [6.45, 7) is 4.27. The average molecular weight is 257 g/mol. The lowest BCUT2D eigenvalue weighted by molar-refractivity contribution is 0.0633. The quantitative estimate of drug-likeness (QED) is 0.749. The van der Waals surface area contributed by atoms with Crippen molar-refractivity contribution in [2.24, 2.45) is 5.92 Å². The standard InChI is InChI=1S/C17H23NO/c1-12-7-9-14(10-8-12)17(19)18-13(2)11-15-5-3-4-6-16(15)18/h7-10,13,15-16H,3-6,11H2,1-2H3. The Balaban J connectivity index is 1.84. The number of carbonyl (C=O) groups excluding carboxylic acids is 1. The molecule has 0 bridgehead atoms. The number of nitrogens with zero attached hydrogens (tertiary/aromatic N) is 1. The maximum Gasteiger partial charge on any atom is 0.254 e. The Morgan fingerprint density at radius 1 is 1.16 bits per heavy atom. The molecule has 1 saturated heterocycles. The third-order valence-electron chi connectivity index (χ3n) is 4.88. The molecule has 2 heteroatoms. The maximum absolute atomic E-state index is 12.7. The van der Waals surface area contributed by atoms with Crippen molar-refractivity contribution >= 4 is 5.91 Å². The smallest absolute Gasteiger partial charge is 0.254 e. The van der Waals surface area contributed by atoms with Crippen LogP contribution in [0.15, 0.2) is 24.3 Å². The van der Waals surface area contributed by atoms with Gasteiger partial charge in [0.25, 0.3) is 5.91 Å². The first-order valence-corrected chi connectivity index (χ1v) is 7.56. The summed E-state index contributed by atoms with van der Waals surface area (Å²) in [4.78, 5) is 14.9. The van der Waals surface area contributed by atoms with E-state index in [2.05, 4.69) is 18.7 Å². The van der Waals surface area contributed by atoms with Crippen molar-refractivity contribution in [2.75, 3.05) is 0 Å². The Hall–Kier alpha value is -1.31. The van der Waals surface area contributed by atoms with Crippen LogP contribution in [0.3, 0.4) is 0 Å². The normalized spacial score (nSPS) is 30.2. The Morgan fingerprint density at radius 3 is 2.58 bits per heavy atom. The van der Waals surface area contributed by atoms with Gasteiger partial charge in [0.2, 0.25) is 0 Å². The molecule has 3 atom stereocenters. The molecule has 1 saturated carbocycles. The minimum Gasteiger partial charge on any atom is -0.333 e. The fourth-order valence-corrected chi connectivity index (χ4v) is 3.90. The highest BCUT2D eigenvalue weighted by Gasteiger charge is 2.42. The first kappa shape index (κ1) is 12.7. The van der Waals surface area contributed by atoms with Crippen LogP contribution in [0.4, 0.5) is 0 Å². The number of hydrogen-bond acceptors (Lipinski definition) is 1. The van der Waals surface area contributed by atoms with Gasteiger partial charge in [-0.2, -0.15) is 0 Å². The molecule has 0 N–H and O–H groups in total. The van der Waals surface area contributed by atoms with E-state index in [1.165, 1.54) is 37.7 Å². The third kappa shape index (κ3) is 2.29. The van der Waals surface area contributed by atoms with Crippen LogP contribution in [0, 0.1) is 12.8 Å². The van der Waals surface area contributed by atoms with E-state index < -0.39 is 0 Å². The van der Waals surface area contributed by atoms with E-state index in [1.54, 1.807) is 0 Å². The monoisotopic (exact) mass is 257 g/mol. The van der Waals surface area contributed by atoms with Crippen LogP contribution in [0.5, 0.6) is 0 Å². The van der Waals surface area contributed by atoms with Crippen LogP contribution < -0.4 is 0 Å². The van der Waals surface area contributed by atoms with E-state index in [0.717, 1.165) is 11.5 Å². The number of carbonyl (C=O) groups is 1. The van der Waals surface area contributed by atoms with Crippen LogP contribution >= 0.6 is 0 Å². The second-order valence-electron chi connectivity index (χ2n) is 6.28. The van der Waals surface area contributed by atoms with Gasteiger partial charge in [-0.15, -0.1) is 0 Å². The zero-order valence-electron chi connectivity index (χ0n) is 11.9. The van der Waals surface area contributed by atoms with Gasteiger partial charge in [-0.3, -0.25) is 4.79 Å². The van der Waals surface area contributed by atoms with Crippen molar-refractivity contribution in [3.63, 3.8) is 0 Å². The third-order valence-corrected chi connectivity index (χ3v) is 4.88. The van der Waals surface area contributed by atoms with Gasteiger partial charge in [0.15, 0.2) is 0 Å². The van der Waals surface area contributed by atoms with Crippen molar-refractivity contribution in [1.82, 2.24) is 4.90 Å². The molecule has 0 spiro atoms. The first-order valence-electron chi connectivity index (χ1n) is 7.56. The van der Waals surface area contributed by atoms with E-state index in [9.17, 15) is 4.79 Å². The van der Waals surface area contributed by atoms with Crippen molar-refractivity contribution in [3.8, 4) is 0 Å². The predicted octanol–water partition coefficient (Wildman–Crippen LogP) is 3.79. The summed E-state index contributed by atoms with van der Waals surface area (Å²) in [6, 6.07) is 8.92. The Labute approximate surface area is 115 Å². The highest BCUT2D eigenvalue weighted by atomic mass is 16.2. The van der Waals surface area contributed by atoms with Gasteiger partial charge in [0, 0.05) is 17.6 Å². The second kappa shape index (κ2) is 4.99. The van der Waals surface area contributed by atoms with Gasteiger partial charge in [0.05, 0.1) is 0 Å². The second-order valence-corrected chi connectivity index (χ2v) is 6.28. The lowest BCUT2D eigenvalue weighted by Crippen LogP contribution is -2.42. The van der Waals surface area contributed by atoms with Crippen molar-refractivity contribution in [2.45, 2.75) is 58.0 Å². The molecule has 0 radical (unpaired) electrons. The van der Waals surface area contributed by atoms with E-state index in [4.69, 9.17) is 0 Å². The molecule has 3 unspecified atom stereocenters. The van der Waals surface area contributed by atoms with Gasteiger partial charge in [-0.25, -0.2) is 0 Å². The van der Waals surface area contributed by atoms with E-state index in [0.29, 0.717) is 12.1 Å². The summed E-state index contributed by atoms with van der Waals surface area (Å²) < 4.78 is 0. The molecule has 1 heterocycles. The van der Waals surface area contributed by atoms with Crippen molar-refractivity contribution < 1.29 is 4.79 Å². The largest absolute Gasteiger partial charge is 0.333 e. The SMILES string of the molecule is Cc1ccc(C(=O)N2C(C)CC3CCCCC32)cc1. The highest BCUT2D eigenvalue weighted by molar-refractivity contribution is 5.94. The van der Waals surface area contributed by atoms with E-state index in [1.807, 2.05) is 24.3 Å². The van der Waals surface area contributed by atoms with Gasteiger partial charge < -0.3 is 4.90 Å². The number of aryl methyl sites for hydroxylation is 1. The minimum atomic E-state index is 0.238. The van der Waals surface area contributed by atoms with E-state index in [-0.39, 0.29) is 5.91 Å². The summed E-state index contributed by atoms with van der Waals surface area (Å²) in [5, 5.41) is 0. The summed E-state index contributed by atoms with van der Waals surface area (Å²) in [5.41, 5.74) is 2.06.